The number of amides is 1. The molecule has 0 radical (unpaired) electrons. The standard InChI is InChI=1S/C8H11NO4/c10-5-6(11)4-9-8(12)7-2-1-3-13-7/h1-3,6,10-11H,4-5H2,(H,9,12). The fourth-order valence-corrected chi connectivity index (χ4v) is 0.770. The first-order valence-electron chi connectivity index (χ1n) is 3.84. The minimum absolute atomic E-state index is 0.00995. The molecule has 5 heteroatoms. The van der Waals surface area contributed by atoms with Crippen LogP contribution in [0.15, 0.2) is 22.8 Å². The van der Waals surface area contributed by atoms with Crippen molar-refractivity contribution < 1.29 is 19.4 Å². The van der Waals surface area contributed by atoms with Crippen LogP contribution in [0.25, 0.3) is 0 Å². The predicted octanol–water partition coefficient (Wildman–Crippen LogP) is -0.637. The van der Waals surface area contributed by atoms with Crippen LogP contribution < -0.4 is 5.32 Å². The molecule has 1 heterocycles. The van der Waals surface area contributed by atoms with Crippen molar-refractivity contribution in [1.82, 2.24) is 5.32 Å². The van der Waals surface area contributed by atoms with Gasteiger partial charge in [0.2, 0.25) is 0 Å². The van der Waals surface area contributed by atoms with Crippen molar-refractivity contribution in [2.45, 2.75) is 6.10 Å². The minimum Gasteiger partial charge on any atom is -0.459 e. The molecule has 3 N–H and O–H groups in total. The van der Waals surface area contributed by atoms with Gasteiger partial charge in [-0.3, -0.25) is 4.79 Å². The zero-order valence-corrected chi connectivity index (χ0v) is 6.93. The summed E-state index contributed by atoms with van der Waals surface area (Å²) in [4.78, 5) is 11.1. The molecule has 0 saturated carbocycles. The van der Waals surface area contributed by atoms with Crippen molar-refractivity contribution in [2.75, 3.05) is 13.2 Å². The Morgan fingerprint density at radius 1 is 1.69 bits per heavy atom. The Hall–Kier alpha value is -1.33. The molecule has 0 aliphatic rings. The van der Waals surface area contributed by atoms with Crippen molar-refractivity contribution in [3.05, 3.63) is 24.2 Å². The van der Waals surface area contributed by atoms with E-state index in [4.69, 9.17) is 14.6 Å². The van der Waals surface area contributed by atoms with Gasteiger partial charge >= 0.3 is 0 Å². The highest BCUT2D eigenvalue weighted by molar-refractivity contribution is 5.91. The van der Waals surface area contributed by atoms with Crippen molar-refractivity contribution in [1.29, 1.82) is 0 Å². The Bertz CT molecular complexity index is 257. The summed E-state index contributed by atoms with van der Waals surface area (Å²) in [5.41, 5.74) is 0. The van der Waals surface area contributed by atoms with Crippen molar-refractivity contribution in [3.8, 4) is 0 Å². The number of carbonyl (C=O) groups is 1. The van der Waals surface area contributed by atoms with Crippen LogP contribution in [0.3, 0.4) is 0 Å². The second-order valence-corrected chi connectivity index (χ2v) is 2.52. The smallest absolute Gasteiger partial charge is 0.287 e. The number of carbonyl (C=O) groups excluding carboxylic acids is 1. The van der Waals surface area contributed by atoms with E-state index in [0.717, 1.165) is 0 Å². The quantitative estimate of drug-likeness (QED) is 0.582. The van der Waals surface area contributed by atoms with Gasteiger partial charge in [0.25, 0.3) is 5.91 Å². The summed E-state index contributed by atoms with van der Waals surface area (Å²) in [6.45, 7) is -0.367. The highest BCUT2D eigenvalue weighted by Gasteiger charge is 2.09. The first-order valence-corrected chi connectivity index (χ1v) is 3.84. The van der Waals surface area contributed by atoms with E-state index in [1.165, 1.54) is 12.3 Å². The third-order valence-electron chi connectivity index (χ3n) is 1.45. The van der Waals surface area contributed by atoms with Gasteiger partial charge in [0.15, 0.2) is 5.76 Å². The first-order chi connectivity index (χ1) is 6.24. The van der Waals surface area contributed by atoms with Crippen LogP contribution in [-0.4, -0.2) is 35.4 Å². The van der Waals surface area contributed by atoms with E-state index in [9.17, 15) is 4.79 Å². The van der Waals surface area contributed by atoms with Crippen LogP contribution in [0.1, 0.15) is 10.6 Å². The molecule has 13 heavy (non-hydrogen) atoms. The molecular formula is C8H11NO4. The lowest BCUT2D eigenvalue weighted by Crippen LogP contribution is -2.33. The lowest BCUT2D eigenvalue weighted by Gasteiger charge is -2.06. The Labute approximate surface area is 75.0 Å². The van der Waals surface area contributed by atoms with Gasteiger partial charge in [-0.2, -0.15) is 0 Å². The summed E-state index contributed by atoms with van der Waals surface area (Å²) < 4.78 is 4.81. The van der Waals surface area contributed by atoms with E-state index in [2.05, 4.69) is 5.32 Å². The molecular weight excluding hydrogens is 174 g/mol. The maximum absolute atomic E-state index is 11.1. The van der Waals surface area contributed by atoms with Crippen molar-refractivity contribution >= 4 is 5.91 Å². The molecule has 0 aliphatic heterocycles. The number of aliphatic hydroxyl groups excluding tert-OH is 2. The molecule has 1 amide bonds. The lowest BCUT2D eigenvalue weighted by atomic mass is 10.3. The Morgan fingerprint density at radius 2 is 2.46 bits per heavy atom. The first kappa shape index (κ1) is 9.76. The van der Waals surface area contributed by atoms with E-state index in [1.807, 2.05) is 0 Å². The van der Waals surface area contributed by atoms with Gasteiger partial charge in [-0.15, -0.1) is 0 Å². The molecule has 0 bridgehead atoms. The lowest BCUT2D eigenvalue weighted by molar-refractivity contribution is 0.0784. The third-order valence-corrected chi connectivity index (χ3v) is 1.45. The number of nitrogens with one attached hydrogen (secondary N) is 1. The van der Waals surface area contributed by atoms with Gasteiger partial charge in [-0.1, -0.05) is 0 Å². The van der Waals surface area contributed by atoms with Crippen LogP contribution in [0.2, 0.25) is 0 Å². The molecule has 72 valence electrons. The summed E-state index contributed by atoms with van der Waals surface area (Å²) in [6.07, 6.45) is 0.455. The number of rotatable bonds is 4. The molecule has 1 unspecified atom stereocenters. The van der Waals surface area contributed by atoms with Gasteiger partial charge in [0, 0.05) is 6.54 Å². The van der Waals surface area contributed by atoms with Gasteiger partial charge in [0.1, 0.15) is 0 Å². The molecule has 1 aromatic rings. The largest absolute Gasteiger partial charge is 0.459 e. The average Bonchev–Trinajstić information content (AvgIpc) is 2.66. The van der Waals surface area contributed by atoms with Gasteiger partial charge in [-0.05, 0) is 12.1 Å². The SMILES string of the molecule is O=C(NCC(O)CO)c1ccco1. The molecule has 0 fully saturated rings. The number of hydrogen-bond acceptors (Lipinski definition) is 4. The maximum Gasteiger partial charge on any atom is 0.287 e. The van der Waals surface area contributed by atoms with Crippen molar-refractivity contribution in [3.63, 3.8) is 0 Å². The number of hydrogen-bond donors (Lipinski definition) is 3. The summed E-state index contributed by atoms with van der Waals surface area (Å²) in [5.74, 6) is -0.220. The second kappa shape index (κ2) is 4.64. The van der Waals surface area contributed by atoms with Gasteiger partial charge < -0.3 is 19.9 Å². The zero-order valence-electron chi connectivity index (χ0n) is 6.93. The number of furan rings is 1. The second-order valence-electron chi connectivity index (χ2n) is 2.52. The van der Waals surface area contributed by atoms with E-state index >= 15 is 0 Å². The summed E-state index contributed by atoms with van der Waals surface area (Å²) in [7, 11) is 0. The highest BCUT2D eigenvalue weighted by atomic mass is 16.3. The fourth-order valence-electron chi connectivity index (χ4n) is 0.770. The van der Waals surface area contributed by atoms with Crippen LogP contribution in [0.4, 0.5) is 0 Å². The normalized spacial score (nSPS) is 12.5. The third kappa shape index (κ3) is 2.89. The van der Waals surface area contributed by atoms with Crippen molar-refractivity contribution in [2.24, 2.45) is 0 Å². The fraction of sp³-hybridized carbons (Fsp3) is 0.375. The van der Waals surface area contributed by atoms with Crippen LogP contribution in [-0.2, 0) is 0 Å². The molecule has 0 aliphatic carbocycles. The number of aliphatic hydroxyl groups is 2. The van der Waals surface area contributed by atoms with Crippen LogP contribution >= 0.6 is 0 Å². The van der Waals surface area contributed by atoms with Crippen LogP contribution in [0.5, 0.6) is 0 Å². The molecule has 0 aromatic carbocycles. The topological polar surface area (TPSA) is 82.7 Å². The Morgan fingerprint density at radius 3 is 3.00 bits per heavy atom. The molecule has 0 spiro atoms. The minimum atomic E-state index is -0.932. The molecule has 1 rings (SSSR count). The van der Waals surface area contributed by atoms with E-state index in [0.29, 0.717) is 0 Å². The Balaban J connectivity index is 2.35. The summed E-state index contributed by atoms with van der Waals surface area (Å²) >= 11 is 0. The van der Waals surface area contributed by atoms with E-state index in [-0.39, 0.29) is 18.9 Å². The van der Waals surface area contributed by atoms with E-state index in [1.54, 1.807) is 6.07 Å². The predicted molar refractivity (Wildman–Crippen MR) is 44.1 cm³/mol. The van der Waals surface area contributed by atoms with Gasteiger partial charge in [0.05, 0.1) is 19.0 Å². The zero-order chi connectivity index (χ0) is 9.68. The molecule has 1 aromatic heterocycles. The summed E-state index contributed by atoms with van der Waals surface area (Å²) in [5, 5.41) is 19.8. The van der Waals surface area contributed by atoms with E-state index < -0.39 is 12.0 Å². The molecule has 1 atom stereocenters. The highest BCUT2D eigenvalue weighted by Crippen LogP contribution is 1.98. The summed E-state index contributed by atoms with van der Waals surface area (Å²) in [6, 6.07) is 3.11. The Kier molecular flexibility index (Phi) is 3.48. The van der Waals surface area contributed by atoms with Gasteiger partial charge in [-0.25, -0.2) is 0 Å². The monoisotopic (exact) mass is 185 g/mol. The van der Waals surface area contributed by atoms with Crippen LogP contribution in [0, 0.1) is 0 Å². The molecule has 5 nitrogen and oxygen atoms in total. The average molecular weight is 185 g/mol. The molecule has 0 saturated heterocycles. The maximum atomic E-state index is 11.1.